The van der Waals surface area contributed by atoms with Crippen molar-refractivity contribution in [1.82, 2.24) is 10.2 Å². The maximum atomic E-state index is 11.4. The highest BCUT2D eigenvalue weighted by atomic mass is 32.2. The molecule has 100 valence electrons. The Balaban J connectivity index is 2.32. The molecule has 5 nitrogen and oxygen atoms in total. The average molecular weight is 280 g/mol. The second-order valence-corrected chi connectivity index (χ2v) is 6.86. The molecular weight excluding hydrogens is 260 g/mol. The Morgan fingerprint density at radius 2 is 2.29 bits per heavy atom. The van der Waals surface area contributed by atoms with E-state index in [0.29, 0.717) is 18.1 Å². The van der Waals surface area contributed by atoms with Crippen molar-refractivity contribution in [3.63, 3.8) is 0 Å². The van der Waals surface area contributed by atoms with Crippen molar-refractivity contribution in [2.45, 2.75) is 18.9 Å². The van der Waals surface area contributed by atoms with Crippen LogP contribution < -0.4 is 5.32 Å². The number of thiocarbonyl (C=S) groups is 1. The first kappa shape index (κ1) is 14.7. The van der Waals surface area contributed by atoms with Gasteiger partial charge in [-0.15, -0.1) is 0 Å². The SMILES string of the molecule is COCCCNC(=S)N(C)C1CCS(=O)(=O)C1. The lowest BCUT2D eigenvalue weighted by atomic mass is 10.2. The molecule has 1 aliphatic heterocycles. The number of ether oxygens (including phenoxy) is 1. The fourth-order valence-electron chi connectivity index (χ4n) is 1.78. The van der Waals surface area contributed by atoms with Crippen molar-refractivity contribution in [3.8, 4) is 0 Å². The Labute approximate surface area is 108 Å². The maximum absolute atomic E-state index is 11.4. The van der Waals surface area contributed by atoms with Gasteiger partial charge in [0.05, 0.1) is 11.5 Å². The second kappa shape index (κ2) is 6.51. The van der Waals surface area contributed by atoms with Crippen LogP contribution in [0, 0.1) is 0 Å². The Hall–Kier alpha value is -0.400. The maximum Gasteiger partial charge on any atom is 0.168 e. The van der Waals surface area contributed by atoms with Crippen LogP contribution in [0.4, 0.5) is 0 Å². The number of rotatable bonds is 5. The molecule has 1 rings (SSSR count). The van der Waals surface area contributed by atoms with Crippen LogP contribution in [0.3, 0.4) is 0 Å². The summed E-state index contributed by atoms with van der Waals surface area (Å²) in [6, 6.07) is 0.0161. The molecule has 0 spiro atoms. The minimum atomic E-state index is -2.85. The monoisotopic (exact) mass is 280 g/mol. The molecule has 1 N–H and O–H groups in total. The normalized spacial score (nSPS) is 22.4. The zero-order valence-electron chi connectivity index (χ0n) is 10.3. The predicted octanol–water partition coefficient (Wildman–Crippen LogP) is 0.0163. The average Bonchev–Trinajstić information content (AvgIpc) is 2.64. The predicted molar refractivity (Wildman–Crippen MR) is 71.9 cm³/mol. The third-order valence-electron chi connectivity index (χ3n) is 2.88. The molecule has 0 bridgehead atoms. The first-order chi connectivity index (χ1) is 7.96. The van der Waals surface area contributed by atoms with E-state index in [1.165, 1.54) is 0 Å². The van der Waals surface area contributed by atoms with Crippen LogP contribution in [-0.2, 0) is 14.6 Å². The van der Waals surface area contributed by atoms with E-state index in [-0.39, 0.29) is 17.5 Å². The van der Waals surface area contributed by atoms with E-state index in [2.05, 4.69) is 5.32 Å². The van der Waals surface area contributed by atoms with E-state index in [1.54, 1.807) is 7.11 Å². The van der Waals surface area contributed by atoms with Gasteiger partial charge in [-0.05, 0) is 25.1 Å². The van der Waals surface area contributed by atoms with Gasteiger partial charge in [0.2, 0.25) is 0 Å². The number of methoxy groups -OCH3 is 1. The molecule has 1 saturated heterocycles. The summed E-state index contributed by atoms with van der Waals surface area (Å²) in [5, 5.41) is 3.72. The van der Waals surface area contributed by atoms with E-state index in [1.807, 2.05) is 11.9 Å². The van der Waals surface area contributed by atoms with Gasteiger partial charge < -0.3 is 15.0 Å². The molecule has 1 atom stereocenters. The van der Waals surface area contributed by atoms with Crippen LogP contribution in [0.25, 0.3) is 0 Å². The van der Waals surface area contributed by atoms with Gasteiger partial charge in [-0.1, -0.05) is 0 Å². The first-order valence-corrected chi connectivity index (χ1v) is 7.89. The van der Waals surface area contributed by atoms with Crippen LogP contribution in [0.1, 0.15) is 12.8 Å². The van der Waals surface area contributed by atoms with E-state index in [0.717, 1.165) is 13.0 Å². The third kappa shape index (κ3) is 4.77. The molecule has 7 heteroatoms. The number of nitrogens with one attached hydrogen (secondary N) is 1. The quantitative estimate of drug-likeness (QED) is 0.566. The topological polar surface area (TPSA) is 58.6 Å². The van der Waals surface area contributed by atoms with Gasteiger partial charge in [0.1, 0.15) is 0 Å². The molecule has 1 aliphatic rings. The van der Waals surface area contributed by atoms with Crippen molar-refractivity contribution >= 4 is 27.2 Å². The summed E-state index contributed by atoms with van der Waals surface area (Å²) >= 11 is 5.22. The lowest BCUT2D eigenvalue weighted by Gasteiger charge is -2.26. The van der Waals surface area contributed by atoms with Crippen LogP contribution in [0.5, 0.6) is 0 Å². The molecule has 1 heterocycles. The summed E-state index contributed by atoms with van der Waals surface area (Å²) in [6.07, 6.45) is 1.55. The van der Waals surface area contributed by atoms with Gasteiger partial charge in [-0.25, -0.2) is 8.42 Å². The fraction of sp³-hybridized carbons (Fsp3) is 0.900. The molecule has 17 heavy (non-hydrogen) atoms. The van der Waals surface area contributed by atoms with Gasteiger partial charge in [-0.2, -0.15) is 0 Å². The van der Waals surface area contributed by atoms with Gasteiger partial charge in [0.15, 0.2) is 14.9 Å². The van der Waals surface area contributed by atoms with Crippen molar-refractivity contribution in [2.24, 2.45) is 0 Å². The van der Waals surface area contributed by atoms with Crippen LogP contribution in [0.2, 0.25) is 0 Å². The zero-order valence-corrected chi connectivity index (χ0v) is 11.9. The smallest absolute Gasteiger partial charge is 0.168 e. The molecule has 0 aliphatic carbocycles. The van der Waals surface area contributed by atoms with Crippen molar-refractivity contribution in [2.75, 3.05) is 38.8 Å². The summed E-state index contributed by atoms with van der Waals surface area (Å²) in [7, 11) is 0.653. The Morgan fingerprint density at radius 1 is 1.59 bits per heavy atom. The highest BCUT2D eigenvalue weighted by Gasteiger charge is 2.31. The van der Waals surface area contributed by atoms with E-state index in [4.69, 9.17) is 17.0 Å². The first-order valence-electron chi connectivity index (χ1n) is 5.66. The summed E-state index contributed by atoms with van der Waals surface area (Å²) in [6.45, 7) is 1.44. The molecule has 0 saturated carbocycles. The van der Waals surface area contributed by atoms with Gasteiger partial charge in [0, 0.05) is 33.4 Å². The number of hydrogen-bond acceptors (Lipinski definition) is 4. The van der Waals surface area contributed by atoms with Gasteiger partial charge >= 0.3 is 0 Å². The standard InChI is InChI=1S/C10H20N2O3S2/c1-12(9-4-7-17(13,14)8-9)10(16)11-5-3-6-15-2/h9H,3-8H2,1-2H3,(H,11,16). The number of sulfone groups is 1. The minimum Gasteiger partial charge on any atom is -0.385 e. The molecule has 0 amide bonds. The molecule has 1 fully saturated rings. The summed E-state index contributed by atoms with van der Waals surface area (Å²) in [5.74, 6) is 0.484. The van der Waals surface area contributed by atoms with Crippen molar-refractivity contribution < 1.29 is 13.2 Å². The van der Waals surface area contributed by atoms with Crippen LogP contribution >= 0.6 is 12.2 Å². The molecule has 0 aromatic carbocycles. The van der Waals surface area contributed by atoms with Crippen LogP contribution in [-0.4, -0.2) is 63.3 Å². The number of hydrogen-bond donors (Lipinski definition) is 1. The molecule has 0 radical (unpaired) electrons. The molecule has 0 aromatic heterocycles. The highest BCUT2D eigenvalue weighted by Crippen LogP contribution is 2.16. The lowest BCUT2D eigenvalue weighted by Crippen LogP contribution is -2.44. The van der Waals surface area contributed by atoms with Gasteiger partial charge in [-0.3, -0.25) is 0 Å². The Kier molecular flexibility index (Phi) is 5.61. The zero-order chi connectivity index (χ0) is 12.9. The van der Waals surface area contributed by atoms with E-state index < -0.39 is 9.84 Å². The van der Waals surface area contributed by atoms with Crippen molar-refractivity contribution in [1.29, 1.82) is 0 Å². The molecular formula is C10H20N2O3S2. The largest absolute Gasteiger partial charge is 0.385 e. The van der Waals surface area contributed by atoms with E-state index >= 15 is 0 Å². The minimum absolute atomic E-state index is 0.0161. The van der Waals surface area contributed by atoms with Crippen molar-refractivity contribution in [3.05, 3.63) is 0 Å². The summed E-state index contributed by atoms with van der Waals surface area (Å²) in [4.78, 5) is 1.85. The Morgan fingerprint density at radius 3 is 2.82 bits per heavy atom. The van der Waals surface area contributed by atoms with Crippen LogP contribution in [0.15, 0.2) is 0 Å². The van der Waals surface area contributed by atoms with Gasteiger partial charge in [0.25, 0.3) is 0 Å². The third-order valence-corrected chi connectivity index (χ3v) is 5.06. The summed E-state index contributed by atoms with van der Waals surface area (Å²) < 4.78 is 27.7. The second-order valence-electron chi connectivity index (χ2n) is 4.25. The Bertz CT molecular complexity index is 357. The fourth-order valence-corrected chi connectivity index (χ4v) is 3.81. The molecule has 0 aromatic rings. The van der Waals surface area contributed by atoms with E-state index in [9.17, 15) is 8.42 Å². The molecule has 1 unspecified atom stereocenters. The number of nitrogens with zero attached hydrogens (tertiary/aromatic N) is 1. The summed E-state index contributed by atoms with van der Waals surface area (Å²) in [5.41, 5.74) is 0. The lowest BCUT2D eigenvalue weighted by molar-refractivity contribution is 0.195. The highest BCUT2D eigenvalue weighted by molar-refractivity contribution is 7.91.